The lowest BCUT2D eigenvalue weighted by Gasteiger charge is -2.24. The molecule has 0 saturated carbocycles. The predicted octanol–water partition coefficient (Wildman–Crippen LogP) is 2.68. The first-order valence-corrected chi connectivity index (χ1v) is 8.25. The molecule has 3 heterocycles. The van der Waals surface area contributed by atoms with Crippen LogP contribution >= 0.6 is 0 Å². The maximum Gasteiger partial charge on any atom is 0.337 e. The molecule has 1 fully saturated rings. The molecule has 6 nitrogen and oxygen atoms in total. The van der Waals surface area contributed by atoms with Gasteiger partial charge in [0.2, 0.25) is 0 Å². The number of aromatic nitrogens is 2. The van der Waals surface area contributed by atoms with Gasteiger partial charge in [0.05, 0.1) is 25.0 Å². The highest BCUT2D eigenvalue weighted by Crippen LogP contribution is 2.34. The fraction of sp³-hybridized carbons (Fsp3) is 0.263. The van der Waals surface area contributed by atoms with Crippen molar-refractivity contribution in [3.8, 4) is 11.1 Å². The molecule has 0 aliphatic carbocycles. The van der Waals surface area contributed by atoms with Gasteiger partial charge in [-0.05, 0) is 18.2 Å². The van der Waals surface area contributed by atoms with Crippen LogP contribution in [-0.4, -0.2) is 42.7 Å². The molecule has 0 radical (unpaired) electrons. The van der Waals surface area contributed by atoms with Crippen LogP contribution in [0.1, 0.15) is 22.2 Å². The molecule has 1 unspecified atom stereocenters. The largest absolute Gasteiger partial charge is 0.465 e. The fourth-order valence-corrected chi connectivity index (χ4v) is 3.24. The monoisotopic (exact) mass is 337 g/mol. The maximum absolute atomic E-state index is 11.7. The van der Waals surface area contributed by atoms with Crippen molar-refractivity contribution >= 4 is 16.9 Å². The second-order valence-corrected chi connectivity index (χ2v) is 5.95. The maximum atomic E-state index is 11.7. The smallest absolute Gasteiger partial charge is 0.337 e. The van der Waals surface area contributed by atoms with Crippen LogP contribution in [0, 0.1) is 0 Å². The second kappa shape index (κ2) is 6.66. The number of hydrogen-bond acceptors (Lipinski definition) is 5. The molecule has 3 aromatic rings. The Morgan fingerprint density at radius 2 is 2.24 bits per heavy atom. The minimum atomic E-state index is -0.346. The number of nitrogens with zero attached hydrogens (tertiary/aromatic N) is 1. The highest BCUT2D eigenvalue weighted by atomic mass is 16.5. The summed E-state index contributed by atoms with van der Waals surface area (Å²) >= 11 is 0. The van der Waals surface area contributed by atoms with E-state index in [4.69, 9.17) is 9.47 Å². The van der Waals surface area contributed by atoms with Gasteiger partial charge in [0.25, 0.3) is 0 Å². The molecule has 4 rings (SSSR count). The van der Waals surface area contributed by atoms with Crippen LogP contribution in [0.2, 0.25) is 0 Å². The number of pyridine rings is 1. The molecule has 1 saturated heterocycles. The Morgan fingerprint density at radius 3 is 3.04 bits per heavy atom. The molecule has 25 heavy (non-hydrogen) atoms. The third-order valence-electron chi connectivity index (χ3n) is 4.46. The quantitative estimate of drug-likeness (QED) is 0.719. The zero-order valence-corrected chi connectivity index (χ0v) is 13.9. The number of nitrogens with one attached hydrogen (secondary N) is 2. The number of esters is 1. The molecule has 0 bridgehead atoms. The zero-order chi connectivity index (χ0) is 17.2. The lowest BCUT2D eigenvalue weighted by molar-refractivity contribution is 0.0254. The number of H-pyrrole nitrogens is 1. The van der Waals surface area contributed by atoms with Gasteiger partial charge in [-0.25, -0.2) is 4.79 Å². The molecule has 1 aromatic carbocycles. The third-order valence-corrected chi connectivity index (χ3v) is 4.46. The topological polar surface area (TPSA) is 76.2 Å². The molecule has 1 aliphatic heterocycles. The molecule has 1 aliphatic rings. The molecule has 6 heteroatoms. The molecule has 1 atom stereocenters. The van der Waals surface area contributed by atoms with E-state index < -0.39 is 0 Å². The summed E-state index contributed by atoms with van der Waals surface area (Å²) in [4.78, 5) is 19.5. The minimum Gasteiger partial charge on any atom is -0.465 e. The molecule has 128 valence electrons. The number of benzene rings is 1. The van der Waals surface area contributed by atoms with E-state index in [2.05, 4.69) is 21.4 Å². The average Bonchev–Trinajstić information content (AvgIpc) is 3.11. The Labute approximate surface area is 145 Å². The van der Waals surface area contributed by atoms with E-state index in [0.717, 1.165) is 40.8 Å². The van der Waals surface area contributed by atoms with Crippen molar-refractivity contribution in [2.45, 2.75) is 6.10 Å². The lowest BCUT2D eigenvalue weighted by atomic mass is 9.99. The van der Waals surface area contributed by atoms with Crippen molar-refractivity contribution in [1.29, 1.82) is 0 Å². The lowest BCUT2D eigenvalue weighted by Crippen LogP contribution is -2.34. The summed E-state index contributed by atoms with van der Waals surface area (Å²) in [6.45, 7) is 2.29. The summed E-state index contributed by atoms with van der Waals surface area (Å²) in [5.74, 6) is -0.346. The number of rotatable bonds is 3. The van der Waals surface area contributed by atoms with Crippen LogP contribution in [0.15, 0.2) is 42.7 Å². The van der Waals surface area contributed by atoms with Gasteiger partial charge in [-0.15, -0.1) is 0 Å². The summed E-state index contributed by atoms with van der Waals surface area (Å²) < 4.78 is 10.7. The van der Waals surface area contributed by atoms with E-state index in [1.165, 1.54) is 7.11 Å². The molecule has 0 amide bonds. The van der Waals surface area contributed by atoms with Crippen molar-refractivity contribution < 1.29 is 14.3 Å². The molecule has 0 spiro atoms. The Hall–Kier alpha value is -2.70. The zero-order valence-electron chi connectivity index (χ0n) is 13.9. The van der Waals surface area contributed by atoms with Crippen LogP contribution in [0.5, 0.6) is 0 Å². The highest BCUT2D eigenvalue weighted by molar-refractivity contribution is 6.00. The van der Waals surface area contributed by atoms with E-state index in [9.17, 15) is 4.79 Å². The predicted molar refractivity (Wildman–Crippen MR) is 94.4 cm³/mol. The first kappa shape index (κ1) is 15.8. The number of carbonyl (C=O) groups is 1. The third kappa shape index (κ3) is 2.90. The van der Waals surface area contributed by atoms with Crippen molar-refractivity contribution in [3.05, 3.63) is 54.0 Å². The molecular weight excluding hydrogens is 318 g/mol. The number of morpholine rings is 1. The number of ether oxygens (including phenoxy) is 2. The van der Waals surface area contributed by atoms with Gasteiger partial charge >= 0.3 is 5.97 Å². The van der Waals surface area contributed by atoms with Crippen molar-refractivity contribution in [2.24, 2.45) is 0 Å². The average molecular weight is 337 g/mol. The van der Waals surface area contributed by atoms with Crippen LogP contribution in [0.25, 0.3) is 22.0 Å². The number of carbonyl (C=O) groups excluding carboxylic acids is 1. The van der Waals surface area contributed by atoms with Crippen molar-refractivity contribution in [1.82, 2.24) is 15.3 Å². The van der Waals surface area contributed by atoms with Gasteiger partial charge in [0.1, 0.15) is 6.10 Å². The Morgan fingerprint density at radius 1 is 1.32 bits per heavy atom. The van der Waals surface area contributed by atoms with Gasteiger partial charge in [0.15, 0.2) is 0 Å². The number of aromatic amines is 1. The van der Waals surface area contributed by atoms with Gasteiger partial charge in [-0.3, -0.25) is 4.98 Å². The highest BCUT2D eigenvalue weighted by Gasteiger charge is 2.22. The van der Waals surface area contributed by atoms with Crippen LogP contribution in [-0.2, 0) is 9.47 Å². The van der Waals surface area contributed by atoms with Gasteiger partial charge in [-0.2, -0.15) is 0 Å². The SMILES string of the molecule is COC(=O)c1ccc2c(-c3cccnc3C3CNCCO3)c[nH]c2c1. The Bertz CT molecular complexity index is 913. The Balaban J connectivity index is 1.79. The van der Waals surface area contributed by atoms with E-state index in [1.807, 2.05) is 18.3 Å². The minimum absolute atomic E-state index is 0.0655. The molecular formula is C19H19N3O3. The van der Waals surface area contributed by atoms with Crippen LogP contribution in [0.3, 0.4) is 0 Å². The second-order valence-electron chi connectivity index (χ2n) is 5.95. The summed E-state index contributed by atoms with van der Waals surface area (Å²) in [7, 11) is 1.38. The number of hydrogen-bond donors (Lipinski definition) is 2. The van der Waals surface area contributed by atoms with E-state index in [-0.39, 0.29) is 12.1 Å². The van der Waals surface area contributed by atoms with Gasteiger partial charge < -0.3 is 19.8 Å². The number of fused-ring (bicyclic) bond motifs is 1. The van der Waals surface area contributed by atoms with Crippen molar-refractivity contribution in [2.75, 3.05) is 26.8 Å². The summed E-state index contributed by atoms with van der Waals surface area (Å²) in [5, 5.41) is 4.38. The van der Waals surface area contributed by atoms with Crippen molar-refractivity contribution in [3.63, 3.8) is 0 Å². The standard InChI is InChI=1S/C19H19N3O3/c1-24-19(23)12-4-5-13-15(10-22-16(13)9-12)14-3-2-6-21-18(14)17-11-20-7-8-25-17/h2-6,9-10,17,20,22H,7-8,11H2,1H3. The number of methoxy groups -OCH3 is 1. The molecule has 2 aromatic heterocycles. The summed E-state index contributed by atoms with van der Waals surface area (Å²) in [5.41, 5.74) is 4.41. The normalized spacial score (nSPS) is 17.6. The van der Waals surface area contributed by atoms with Crippen LogP contribution < -0.4 is 5.32 Å². The van der Waals surface area contributed by atoms with Gasteiger partial charge in [-0.1, -0.05) is 12.1 Å². The Kier molecular flexibility index (Phi) is 4.21. The van der Waals surface area contributed by atoms with E-state index >= 15 is 0 Å². The molecule has 2 N–H and O–H groups in total. The van der Waals surface area contributed by atoms with Crippen LogP contribution in [0.4, 0.5) is 0 Å². The first-order valence-electron chi connectivity index (χ1n) is 8.25. The fourth-order valence-electron chi connectivity index (χ4n) is 3.24. The van der Waals surface area contributed by atoms with Gasteiger partial charge in [0, 0.05) is 47.5 Å². The first-order chi connectivity index (χ1) is 12.3. The summed E-state index contributed by atoms with van der Waals surface area (Å²) in [6.07, 6.45) is 3.67. The van der Waals surface area contributed by atoms with E-state index in [0.29, 0.717) is 12.2 Å². The summed E-state index contributed by atoms with van der Waals surface area (Å²) in [6, 6.07) is 9.50. The van der Waals surface area contributed by atoms with E-state index in [1.54, 1.807) is 18.3 Å².